The summed E-state index contributed by atoms with van der Waals surface area (Å²) in [5.74, 6) is -2.03. The highest BCUT2D eigenvalue weighted by molar-refractivity contribution is 5.71. The Kier molecular flexibility index (Phi) is 77.1. The first-order chi connectivity index (χ1) is 50.6. The van der Waals surface area contributed by atoms with Crippen molar-refractivity contribution in [3.8, 4) is 0 Å². The highest BCUT2D eigenvalue weighted by Crippen LogP contribution is 2.18. The van der Waals surface area contributed by atoms with E-state index in [0.29, 0.717) is 23.9 Å². The Labute approximate surface area is 633 Å². The van der Waals surface area contributed by atoms with E-state index in [1.807, 2.05) is 21.1 Å². The molecule has 2 unspecified atom stereocenters. The van der Waals surface area contributed by atoms with Crippen LogP contribution in [0.4, 0.5) is 0 Å². The van der Waals surface area contributed by atoms with Crippen molar-refractivity contribution in [2.75, 3.05) is 47.5 Å². The Morgan fingerprint density at radius 2 is 0.524 bits per heavy atom. The highest BCUT2D eigenvalue weighted by Gasteiger charge is 2.25. The SMILES string of the molecule is CC/C=C\C/C=C\C/C=C\C/C=C\C/C=C\C/C=C\C/C=C\C/C=C\C/C=C\C/C=C\CCCCCCCCC(=O)OC(COC(=O)CCCCCCCCCCCCCCCCCCCCCCCC/C=C\C/C=C\C/C=C\C/C=C\C/C=C\C/C=C\CC)COC(OCC[N+](C)(C)C)C(=O)O. The molecule has 0 aliphatic rings. The lowest BCUT2D eigenvalue weighted by Crippen LogP contribution is -2.40. The van der Waals surface area contributed by atoms with Gasteiger partial charge in [-0.05, 0) is 141 Å². The number of carboxylic acids is 1. The summed E-state index contributed by atoms with van der Waals surface area (Å²) < 4.78 is 23.0. The summed E-state index contributed by atoms with van der Waals surface area (Å²) >= 11 is 0. The van der Waals surface area contributed by atoms with Crippen LogP contribution in [0.3, 0.4) is 0 Å². The molecule has 0 aromatic carbocycles. The number of carboxylic acid groups (broad SMARTS) is 1. The fourth-order valence-electron chi connectivity index (χ4n) is 11.1. The van der Waals surface area contributed by atoms with E-state index in [9.17, 15) is 19.5 Å². The van der Waals surface area contributed by atoms with Crippen molar-refractivity contribution < 1.29 is 42.9 Å². The van der Waals surface area contributed by atoms with Gasteiger partial charge in [-0.15, -0.1) is 0 Å². The largest absolute Gasteiger partial charge is 0.477 e. The smallest absolute Gasteiger partial charge is 0.361 e. The third-order valence-corrected chi connectivity index (χ3v) is 17.3. The molecule has 0 fully saturated rings. The Bertz CT molecular complexity index is 2410. The molecule has 0 aromatic rings. The molecule has 2 atom stereocenters. The summed E-state index contributed by atoms with van der Waals surface area (Å²) in [6.07, 6.45) is 123. The van der Waals surface area contributed by atoms with E-state index in [0.717, 1.165) is 161 Å². The second kappa shape index (κ2) is 81.8. The minimum atomic E-state index is -1.53. The van der Waals surface area contributed by atoms with Gasteiger partial charge in [0.1, 0.15) is 13.2 Å². The Morgan fingerprint density at radius 3 is 0.777 bits per heavy atom. The predicted octanol–water partition coefficient (Wildman–Crippen LogP) is 27.3. The summed E-state index contributed by atoms with van der Waals surface area (Å²) in [5.41, 5.74) is 0. The van der Waals surface area contributed by atoms with E-state index in [4.69, 9.17) is 18.9 Å². The Morgan fingerprint density at radius 1 is 0.291 bits per heavy atom. The van der Waals surface area contributed by atoms with Gasteiger partial charge in [0.05, 0.1) is 34.4 Å². The summed E-state index contributed by atoms with van der Waals surface area (Å²) in [4.78, 5) is 37.8. The first kappa shape index (κ1) is 97.1. The van der Waals surface area contributed by atoms with Gasteiger partial charge in [0.2, 0.25) is 0 Å². The third-order valence-electron chi connectivity index (χ3n) is 17.3. The minimum absolute atomic E-state index is 0.177. The van der Waals surface area contributed by atoms with Crippen LogP contribution in [0.15, 0.2) is 194 Å². The van der Waals surface area contributed by atoms with Crippen molar-refractivity contribution in [3.05, 3.63) is 194 Å². The van der Waals surface area contributed by atoms with Gasteiger partial charge in [-0.25, -0.2) is 4.79 Å². The number of aliphatic carboxylic acids is 1. The van der Waals surface area contributed by atoms with Gasteiger partial charge in [-0.3, -0.25) is 9.59 Å². The molecule has 582 valence electrons. The zero-order valence-corrected chi connectivity index (χ0v) is 66.7. The molecule has 0 rings (SSSR count). The van der Waals surface area contributed by atoms with Crippen molar-refractivity contribution >= 4 is 17.9 Å². The fraction of sp³-hybridized carbons (Fsp3) is 0.628. The van der Waals surface area contributed by atoms with Gasteiger partial charge in [-0.1, -0.05) is 362 Å². The lowest BCUT2D eigenvalue weighted by atomic mass is 10.0. The molecule has 103 heavy (non-hydrogen) atoms. The zero-order valence-electron chi connectivity index (χ0n) is 66.7. The van der Waals surface area contributed by atoms with Crippen LogP contribution in [0.25, 0.3) is 0 Å². The molecule has 9 nitrogen and oxygen atoms in total. The molecule has 0 saturated heterocycles. The minimum Gasteiger partial charge on any atom is -0.477 e. The van der Waals surface area contributed by atoms with Crippen LogP contribution in [-0.2, 0) is 33.3 Å². The van der Waals surface area contributed by atoms with Gasteiger partial charge < -0.3 is 28.5 Å². The van der Waals surface area contributed by atoms with Crippen molar-refractivity contribution in [1.82, 2.24) is 0 Å². The molecule has 0 radical (unpaired) electrons. The number of carbonyl (C=O) groups excluding carboxylic acids is 2. The first-order valence-electron chi connectivity index (χ1n) is 41.6. The van der Waals surface area contributed by atoms with E-state index in [1.54, 1.807) is 0 Å². The Balaban J connectivity index is 4.08. The van der Waals surface area contributed by atoms with Crippen LogP contribution >= 0.6 is 0 Å². The van der Waals surface area contributed by atoms with Crippen LogP contribution < -0.4 is 0 Å². The molecule has 0 heterocycles. The lowest BCUT2D eigenvalue weighted by molar-refractivity contribution is -0.870. The van der Waals surface area contributed by atoms with E-state index in [-0.39, 0.29) is 32.2 Å². The molecule has 0 saturated carbocycles. The number of likely N-dealkylation sites (N-methyl/N-ethyl adjacent to an activating group) is 1. The average molecular weight is 1430 g/mol. The van der Waals surface area contributed by atoms with E-state index in [1.165, 1.54) is 128 Å². The number of esters is 2. The van der Waals surface area contributed by atoms with E-state index >= 15 is 0 Å². The van der Waals surface area contributed by atoms with Gasteiger partial charge in [0.25, 0.3) is 6.29 Å². The van der Waals surface area contributed by atoms with Crippen LogP contribution in [0, 0.1) is 0 Å². The van der Waals surface area contributed by atoms with Crippen LogP contribution in [0.1, 0.15) is 322 Å². The number of ether oxygens (including phenoxy) is 4. The quantitative estimate of drug-likeness (QED) is 0.0211. The van der Waals surface area contributed by atoms with Gasteiger partial charge in [0.15, 0.2) is 6.10 Å². The maximum Gasteiger partial charge on any atom is 0.361 e. The number of hydrogen-bond donors (Lipinski definition) is 1. The van der Waals surface area contributed by atoms with Crippen LogP contribution in [0.5, 0.6) is 0 Å². The maximum absolute atomic E-state index is 13.0. The normalized spacial score (nSPS) is 13.7. The number of allylic oxidation sites excluding steroid dienone is 32. The third kappa shape index (κ3) is 83.3. The van der Waals surface area contributed by atoms with Gasteiger partial charge >= 0.3 is 17.9 Å². The lowest BCUT2D eigenvalue weighted by Gasteiger charge is -2.25. The molecule has 0 aliphatic carbocycles. The number of carbonyl (C=O) groups is 3. The highest BCUT2D eigenvalue weighted by atomic mass is 16.7. The first-order valence-corrected chi connectivity index (χ1v) is 41.6. The Hall–Kier alpha value is -5.87. The van der Waals surface area contributed by atoms with Crippen molar-refractivity contribution in [1.29, 1.82) is 0 Å². The second-order valence-electron chi connectivity index (χ2n) is 28.3. The van der Waals surface area contributed by atoms with Crippen LogP contribution in [0.2, 0.25) is 0 Å². The summed E-state index contributed by atoms with van der Waals surface area (Å²) in [6.45, 7) is 4.64. The van der Waals surface area contributed by atoms with E-state index in [2.05, 4.69) is 208 Å². The zero-order chi connectivity index (χ0) is 74.6. The van der Waals surface area contributed by atoms with Crippen molar-refractivity contribution in [2.45, 2.75) is 334 Å². The molecule has 0 aromatic heterocycles. The number of nitrogens with zero attached hydrogens (tertiary/aromatic N) is 1. The molecular formula is C94H154NO8+. The average Bonchev–Trinajstić information content (AvgIpc) is 1.16. The summed E-state index contributed by atoms with van der Waals surface area (Å²) in [7, 11) is 5.97. The number of rotatable bonds is 75. The molecule has 1 N–H and O–H groups in total. The van der Waals surface area contributed by atoms with Crippen molar-refractivity contribution in [3.63, 3.8) is 0 Å². The molecule has 0 amide bonds. The number of quaternary nitrogens is 1. The molecular weight excluding hydrogens is 1270 g/mol. The summed E-state index contributed by atoms with van der Waals surface area (Å²) in [6, 6.07) is 0. The fourth-order valence-corrected chi connectivity index (χ4v) is 11.1. The standard InChI is InChI=1S/C94H153NO8/c1-6-8-10-12-14-16-18-20-22-24-26-28-30-32-34-36-38-40-42-44-45-46-47-49-50-52-54-56-58-60-62-64-66-68-70-72-74-76-78-80-82-84-91(96)101-88-90(89-102-94(93(98)99)100-87-86-95(3,4)5)103-92(97)85-83-81-79-77-75-73-71-69-67-65-63-61-59-57-55-53-51-48-43-41-39-37-35-33-31-29-27-25-23-21-19-17-15-13-11-9-7-2/h8-11,14-17,20-23,26-29,32-35,38-41,48,51,55,57,61,63,67,69,90,94H,6-7,12-13,18-19,24-25,30-31,36-37,42-47,49-50,52-54,56,58-60,62,64-66,68,70-89H2,1-5H3/p+1/b10-8-,11-9-,16-14-,17-15-,22-20-,23-21-,28-26-,29-27-,34-32-,35-33-,40-38-,41-39-,51-48-,57-55-,63-61-,69-67-. The summed E-state index contributed by atoms with van der Waals surface area (Å²) in [5, 5.41) is 9.78. The predicted molar refractivity (Wildman–Crippen MR) is 446 cm³/mol. The monoisotopic (exact) mass is 1430 g/mol. The van der Waals surface area contributed by atoms with Gasteiger partial charge in [0, 0.05) is 12.8 Å². The van der Waals surface area contributed by atoms with Crippen molar-refractivity contribution in [2.24, 2.45) is 0 Å². The number of hydrogen-bond acceptors (Lipinski definition) is 7. The molecule has 0 aliphatic heterocycles. The maximum atomic E-state index is 13.0. The second-order valence-corrected chi connectivity index (χ2v) is 28.3. The number of unbranched alkanes of at least 4 members (excludes halogenated alkanes) is 28. The molecule has 9 heteroatoms. The van der Waals surface area contributed by atoms with E-state index < -0.39 is 24.3 Å². The van der Waals surface area contributed by atoms with Gasteiger partial charge in [-0.2, -0.15) is 0 Å². The molecule has 0 spiro atoms. The van der Waals surface area contributed by atoms with Crippen LogP contribution in [-0.4, -0.2) is 87.4 Å². The molecule has 0 bridgehead atoms. The topological polar surface area (TPSA) is 108 Å².